The lowest BCUT2D eigenvalue weighted by Gasteiger charge is -2.12. The van der Waals surface area contributed by atoms with E-state index in [4.69, 9.17) is 34.1 Å². The second kappa shape index (κ2) is 7.75. The molecular weight excluding hydrogens is 432 g/mol. The van der Waals surface area contributed by atoms with Gasteiger partial charge in [0.2, 0.25) is 11.9 Å². The average molecular weight is 446 g/mol. The first-order valence-corrected chi connectivity index (χ1v) is 8.85. The summed E-state index contributed by atoms with van der Waals surface area (Å²) in [5.41, 5.74) is 20.2. The summed E-state index contributed by atoms with van der Waals surface area (Å²) in [6.45, 7) is 0.245. The molecule has 0 aliphatic rings. The predicted molar refractivity (Wildman–Crippen MR) is 109 cm³/mol. The van der Waals surface area contributed by atoms with E-state index >= 15 is 0 Å². The van der Waals surface area contributed by atoms with Crippen molar-refractivity contribution in [1.29, 1.82) is 5.26 Å². The molecule has 136 valence electrons. The molecule has 0 bridgehead atoms. The van der Waals surface area contributed by atoms with Gasteiger partial charge in [-0.05, 0) is 35.9 Å². The van der Waals surface area contributed by atoms with Crippen LogP contribution in [0.3, 0.4) is 0 Å². The molecule has 10 heteroatoms. The molecule has 0 radical (unpaired) electrons. The Hall–Kier alpha value is -2.93. The number of nitriles is 1. The smallest absolute Gasteiger partial charge is 0.232 e. The lowest BCUT2D eigenvalue weighted by Crippen LogP contribution is -2.08. The molecule has 2 aromatic carbocycles. The number of hydrogen-bond donors (Lipinski definition) is 4. The van der Waals surface area contributed by atoms with Crippen LogP contribution >= 0.6 is 27.5 Å². The number of nitrogen functional groups attached to an aromatic ring is 2. The van der Waals surface area contributed by atoms with E-state index in [9.17, 15) is 0 Å². The Labute approximate surface area is 168 Å². The predicted octanol–water partition coefficient (Wildman–Crippen LogP) is 3.19. The van der Waals surface area contributed by atoms with Crippen LogP contribution in [0, 0.1) is 11.3 Å². The van der Waals surface area contributed by atoms with Gasteiger partial charge in [0.05, 0.1) is 16.3 Å². The molecule has 0 fully saturated rings. The van der Waals surface area contributed by atoms with E-state index in [0.717, 1.165) is 10.0 Å². The monoisotopic (exact) mass is 444 g/mol. The molecule has 0 aliphatic carbocycles. The summed E-state index contributed by atoms with van der Waals surface area (Å²) in [6, 6.07) is 10.5. The lowest BCUT2D eigenvalue weighted by atomic mass is 10.1. The average Bonchev–Trinajstić information content (AvgIpc) is 2.60. The van der Waals surface area contributed by atoms with E-state index in [1.165, 1.54) is 0 Å². The molecule has 1 aromatic heterocycles. The van der Waals surface area contributed by atoms with Crippen LogP contribution in [0.15, 0.2) is 34.8 Å². The standard InChI is InChI=1S/C17H14BrClN8/c18-10-3-9(7-21)14(12(19)4-10)15-25-16(23)27-17(26-15)24-11-2-1-8(6-20)13(22)5-11/h1-5H,7,21-22H2,(H3,23,24,25,26,27). The summed E-state index contributed by atoms with van der Waals surface area (Å²) in [7, 11) is 0. The lowest BCUT2D eigenvalue weighted by molar-refractivity contribution is 1.04. The van der Waals surface area contributed by atoms with Gasteiger partial charge in [-0.25, -0.2) is 0 Å². The topological polar surface area (TPSA) is 153 Å². The van der Waals surface area contributed by atoms with Gasteiger partial charge in [-0.3, -0.25) is 0 Å². The summed E-state index contributed by atoms with van der Waals surface area (Å²) >= 11 is 9.76. The summed E-state index contributed by atoms with van der Waals surface area (Å²) in [5.74, 6) is 0.527. The Morgan fingerprint density at radius 2 is 1.93 bits per heavy atom. The Morgan fingerprint density at radius 3 is 2.59 bits per heavy atom. The first-order valence-electron chi connectivity index (χ1n) is 7.68. The number of nitrogens with one attached hydrogen (secondary N) is 1. The van der Waals surface area contributed by atoms with E-state index in [-0.39, 0.29) is 18.4 Å². The first kappa shape index (κ1) is 18.8. The summed E-state index contributed by atoms with van der Waals surface area (Å²) in [5, 5.41) is 12.4. The van der Waals surface area contributed by atoms with E-state index in [0.29, 0.717) is 33.3 Å². The van der Waals surface area contributed by atoms with Gasteiger partial charge in [0.15, 0.2) is 5.82 Å². The molecule has 0 saturated heterocycles. The van der Waals surface area contributed by atoms with Crippen LogP contribution < -0.4 is 22.5 Å². The molecule has 0 amide bonds. The Kier molecular flexibility index (Phi) is 5.41. The molecule has 3 aromatic rings. The van der Waals surface area contributed by atoms with E-state index in [1.54, 1.807) is 24.3 Å². The van der Waals surface area contributed by atoms with Crippen molar-refractivity contribution in [1.82, 2.24) is 15.0 Å². The number of nitrogens with zero attached hydrogens (tertiary/aromatic N) is 4. The van der Waals surface area contributed by atoms with Crippen LogP contribution in [0.5, 0.6) is 0 Å². The quantitative estimate of drug-likeness (QED) is 0.447. The van der Waals surface area contributed by atoms with Crippen molar-refractivity contribution in [3.05, 3.63) is 51.0 Å². The van der Waals surface area contributed by atoms with Crippen molar-refractivity contribution < 1.29 is 0 Å². The second-order valence-electron chi connectivity index (χ2n) is 5.51. The van der Waals surface area contributed by atoms with Gasteiger partial charge in [0.25, 0.3) is 0 Å². The molecular formula is C17H14BrClN8. The fourth-order valence-electron chi connectivity index (χ4n) is 2.47. The Balaban J connectivity index is 2.04. The van der Waals surface area contributed by atoms with Gasteiger partial charge in [-0.2, -0.15) is 20.2 Å². The number of halogens is 2. The third-order valence-electron chi connectivity index (χ3n) is 3.66. The third-order valence-corrected chi connectivity index (χ3v) is 4.42. The van der Waals surface area contributed by atoms with Crippen LogP contribution in [0.2, 0.25) is 5.02 Å². The first-order chi connectivity index (χ1) is 12.9. The zero-order valence-electron chi connectivity index (χ0n) is 13.9. The summed E-state index contributed by atoms with van der Waals surface area (Å²) in [4.78, 5) is 12.7. The molecule has 8 nitrogen and oxygen atoms in total. The fraction of sp³-hybridized carbons (Fsp3) is 0.0588. The SMILES string of the molecule is N#Cc1ccc(Nc2nc(N)nc(-c3c(Cl)cc(Br)cc3CN)n2)cc1N. The molecule has 3 rings (SSSR count). The number of anilines is 4. The number of benzene rings is 2. The van der Waals surface area contributed by atoms with Crippen LogP contribution in [-0.4, -0.2) is 15.0 Å². The minimum absolute atomic E-state index is 0.0195. The van der Waals surface area contributed by atoms with Crippen LogP contribution in [0.25, 0.3) is 11.4 Å². The normalized spacial score (nSPS) is 10.4. The molecule has 0 saturated carbocycles. The molecule has 0 spiro atoms. The minimum Gasteiger partial charge on any atom is -0.398 e. The maximum atomic E-state index is 8.97. The van der Waals surface area contributed by atoms with E-state index < -0.39 is 0 Å². The van der Waals surface area contributed by atoms with Gasteiger partial charge >= 0.3 is 0 Å². The largest absolute Gasteiger partial charge is 0.398 e. The van der Waals surface area contributed by atoms with Crippen molar-refractivity contribution in [2.24, 2.45) is 5.73 Å². The fourth-order valence-corrected chi connectivity index (χ4v) is 3.43. The Bertz CT molecular complexity index is 1060. The molecule has 0 atom stereocenters. The van der Waals surface area contributed by atoms with Gasteiger partial charge in [-0.15, -0.1) is 0 Å². The molecule has 0 aliphatic heterocycles. The van der Waals surface area contributed by atoms with Crippen molar-refractivity contribution in [3.63, 3.8) is 0 Å². The van der Waals surface area contributed by atoms with Crippen molar-refractivity contribution in [2.75, 3.05) is 16.8 Å². The highest BCUT2D eigenvalue weighted by atomic mass is 79.9. The minimum atomic E-state index is 0.0195. The van der Waals surface area contributed by atoms with Crippen LogP contribution in [0.1, 0.15) is 11.1 Å². The Morgan fingerprint density at radius 1 is 1.15 bits per heavy atom. The third kappa shape index (κ3) is 4.09. The highest BCUT2D eigenvalue weighted by Gasteiger charge is 2.16. The second-order valence-corrected chi connectivity index (χ2v) is 6.83. The zero-order chi connectivity index (χ0) is 19.6. The van der Waals surface area contributed by atoms with Gasteiger partial charge < -0.3 is 22.5 Å². The van der Waals surface area contributed by atoms with Gasteiger partial charge in [0, 0.05) is 22.3 Å². The number of aromatic nitrogens is 3. The number of nitrogens with two attached hydrogens (primary N) is 3. The van der Waals surface area contributed by atoms with Crippen molar-refractivity contribution >= 4 is 50.8 Å². The highest BCUT2D eigenvalue weighted by Crippen LogP contribution is 2.33. The van der Waals surface area contributed by atoms with Crippen LogP contribution in [0.4, 0.5) is 23.3 Å². The van der Waals surface area contributed by atoms with E-state index in [2.05, 4.69) is 36.2 Å². The molecule has 0 unspecified atom stereocenters. The molecule has 27 heavy (non-hydrogen) atoms. The maximum absolute atomic E-state index is 8.97. The highest BCUT2D eigenvalue weighted by molar-refractivity contribution is 9.10. The maximum Gasteiger partial charge on any atom is 0.232 e. The summed E-state index contributed by atoms with van der Waals surface area (Å²) < 4.78 is 0.796. The molecule has 7 N–H and O–H groups in total. The van der Waals surface area contributed by atoms with E-state index in [1.807, 2.05) is 12.1 Å². The van der Waals surface area contributed by atoms with Gasteiger partial charge in [-0.1, -0.05) is 27.5 Å². The van der Waals surface area contributed by atoms with Crippen molar-refractivity contribution in [3.8, 4) is 17.5 Å². The van der Waals surface area contributed by atoms with Crippen LogP contribution in [-0.2, 0) is 6.54 Å². The number of hydrogen-bond acceptors (Lipinski definition) is 8. The van der Waals surface area contributed by atoms with Crippen molar-refractivity contribution in [2.45, 2.75) is 6.54 Å². The number of rotatable bonds is 4. The molecule has 1 heterocycles. The zero-order valence-corrected chi connectivity index (χ0v) is 16.2. The van der Waals surface area contributed by atoms with Gasteiger partial charge in [0.1, 0.15) is 6.07 Å². The summed E-state index contributed by atoms with van der Waals surface area (Å²) in [6.07, 6.45) is 0.